The first-order valence-electron chi connectivity index (χ1n) is 7.81. The predicted octanol–water partition coefficient (Wildman–Crippen LogP) is 1.89. The number of nitrogens with one attached hydrogen (secondary N) is 1. The third-order valence-corrected chi connectivity index (χ3v) is 3.91. The molecule has 0 spiro atoms. The first-order valence-corrected chi connectivity index (χ1v) is 7.81. The second kappa shape index (κ2) is 7.55. The number of hydrogen-bond acceptors (Lipinski definition) is 3. The average molecular weight is 322 g/mol. The smallest absolute Gasteiger partial charge is 0.245 e. The third-order valence-electron chi connectivity index (χ3n) is 3.91. The van der Waals surface area contributed by atoms with Crippen molar-refractivity contribution in [3.05, 3.63) is 35.6 Å². The second-order valence-electron chi connectivity index (χ2n) is 6.12. The topological polar surface area (TPSA) is 58.6 Å². The summed E-state index contributed by atoms with van der Waals surface area (Å²) in [4.78, 5) is 25.7. The van der Waals surface area contributed by atoms with Crippen LogP contribution in [0, 0.1) is 11.7 Å². The number of halogens is 1. The van der Waals surface area contributed by atoms with Gasteiger partial charge in [-0.15, -0.1) is 0 Å². The van der Waals surface area contributed by atoms with Crippen molar-refractivity contribution >= 4 is 11.8 Å². The predicted molar refractivity (Wildman–Crippen MR) is 84.1 cm³/mol. The lowest BCUT2D eigenvalue weighted by Crippen LogP contribution is -2.53. The molecular weight excluding hydrogens is 299 g/mol. The van der Waals surface area contributed by atoms with Crippen molar-refractivity contribution in [1.29, 1.82) is 0 Å². The van der Waals surface area contributed by atoms with Crippen LogP contribution in [0.15, 0.2) is 24.3 Å². The van der Waals surface area contributed by atoms with Crippen molar-refractivity contribution in [2.75, 3.05) is 19.7 Å². The molecule has 0 aromatic heterocycles. The molecule has 2 rings (SSSR count). The highest BCUT2D eigenvalue weighted by Gasteiger charge is 2.32. The maximum atomic E-state index is 13.0. The molecule has 1 aromatic carbocycles. The molecule has 2 amide bonds. The van der Waals surface area contributed by atoms with E-state index in [1.54, 1.807) is 17.0 Å². The number of benzene rings is 1. The molecule has 1 aliphatic rings. The van der Waals surface area contributed by atoms with E-state index >= 15 is 0 Å². The van der Waals surface area contributed by atoms with Gasteiger partial charge in [-0.25, -0.2) is 4.39 Å². The molecule has 1 heterocycles. The van der Waals surface area contributed by atoms with E-state index in [0.29, 0.717) is 19.7 Å². The Hall–Kier alpha value is -1.95. The van der Waals surface area contributed by atoms with Gasteiger partial charge in [0.25, 0.3) is 0 Å². The molecule has 1 saturated heterocycles. The normalized spacial score (nSPS) is 19.5. The van der Waals surface area contributed by atoms with E-state index in [2.05, 4.69) is 5.32 Å². The van der Waals surface area contributed by atoms with Gasteiger partial charge < -0.3 is 15.0 Å². The maximum absolute atomic E-state index is 13.0. The number of morpholine rings is 1. The van der Waals surface area contributed by atoms with Gasteiger partial charge in [-0.05, 0) is 23.6 Å². The van der Waals surface area contributed by atoms with Crippen molar-refractivity contribution in [3.8, 4) is 0 Å². The second-order valence-corrected chi connectivity index (χ2v) is 6.12. The van der Waals surface area contributed by atoms with E-state index in [1.807, 2.05) is 13.8 Å². The van der Waals surface area contributed by atoms with Crippen LogP contribution < -0.4 is 5.32 Å². The van der Waals surface area contributed by atoms with Gasteiger partial charge in [-0.3, -0.25) is 9.59 Å². The molecule has 1 N–H and O–H groups in total. The Labute approximate surface area is 135 Å². The fourth-order valence-corrected chi connectivity index (χ4v) is 2.66. The van der Waals surface area contributed by atoms with Gasteiger partial charge in [0.05, 0.1) is 13.2 Å². The molecule has 1 aliphatic heterocycles. The van der Waals surface area contributed by atoms with Crippen LogP contribution in [0.3, 0.4) is 0 Å². The minimum atomic E-state index is -0.542. The number of carbonyl (C=O) groups excluding carboxylic acids is 2. The summed E-state index contributed by atoms with van der Waals surface area (Å²) in [6.07, 6.45) is -0.279. The van der Waals surface area contributed by atoms with Gasteiger partial charge in [0.1, 0.15) is 18.0 Å². The first kappa shape index (κ1) is 17.4. The van der Waals surface area contributed by atoms with E-state index in [4.69, 9.17) is 4.74 Å². The van der Waals surface area contributed by atoms with Gasteiger partial charge in [-0.1, -0.05) is 26.0 Å². The molecule has 1 fully saturated rings. The van der Waals surface area contributed by atoms with Crippen LogP contribution in [0.5, 0.6) is 0 Å². The Kier molecular flexibility index (Phi) is 5.71. The van der Waals surface area contributed by atoms with Crippen LogP contribution >= 0.6 is 0 Å². The average Bonchev–Trinajstić information content (AvgIpc) is 2.52. The van der Waals surface area contributed by atoms with Crippen molar-refractivity contribution < 1.29 is 18.7 Å². The summed E-state index contributed by atoms with van der Waals surface area (Å²) in [7, 11) is 0. The highest BCUT2D eigenvalue weighted by molar-refractivity contribution is 5.87. The number of rotatable bonds is 4. The monoisotopic (exact) mass is 322 g/mol. The van der Waals surface area contributed by atoms with Gasteiger partial charge in [0, 0.05) is 13.5 Å². The molecule has 5 nitrogen and oxygen atoms in total. The quantitative estimate of drug-likeness (QED) is 0.921. The van der Waals surface area contributed by atoms with Crippen LogP contribution in [0.2, 0.25) is 0 Å². The molecule has 0 saturated carbocycles. The summed E-state index contributed by atoms with van der Waals surface area (Å²) in [5, 5.41) is 2.72. The minimum absolute atomic E-state index is 0.00137. The minimum Gasteiger partial charge on any atom is -0.370 e. The SMILES string of the molecule is CC(=O)NC(C(=O)N1CCOC(c2ccc(F)cc2)C1)C(C)C. The molecule has 6 heteroatoms. The molecule has 0 aliphatic carbocycles. The molecule has 126 valence electrons. The summed E-state index contributed by atoms with van der Waals surface area (Å²) in [6.45, 7) is 6.50. The zero-order chi connectivity index (χ0) is 17.0. The number of nitrogens with zero attached hydrogens (tertiary/aromatic N) is 1. The summed E-state index contributed by atoms with van der Waals surface area (Å²) in [5.74, 6) is -0.632. The zero-order valence-electron chi connectivity index (χ0n) is 13.7. The molecule has 1 aromatic rings. The van der Waals surface area contributed by atoms with Gasteiger partial charge in [0.15, 0.2) is 0 Å². The van der Waals surface area contributed by atoms with Crippen LogP contribution in [-0.2, 0) is 14.3 Å². The van der Waals surface area contributed by atoms with Crippen molar-refractivity contribution in [2.45, 2.75) is 32.9 Å². The molecule has 2 unspecified atom stereocenters. The Bertz CT molecular complexity index is 559. The highest BCUT2D eigenvalue weighted by Crippen LogP contribution is 2.23. The van der Waals surface area contributed by atoms with E-state index in [-0.39, 0.29) is 29.7 Å². The van der Waals surface area contributed by atoms with E-state index in [9.17, 15) is 14.0 Å². The van der Waals surface area contributed by atoms with Crippen LogP contribution in [0.1, 0.15) is 32.4 Å². The molecule has 23 heavy (non-hydrogen) atoms. The van der Waals surface area contributed by atoms with Gasteiger partial charge in [0.2, 0.25) is 11.8 Å². The van der Waals surface area contributed by atoms with Crippen molar-refractivity contribution in [3.63, 3.8) is 0 Å². The molecule has 0 bridgehead atoms. The summed E-state index contributed by atoms with van der Waals surface area (Å²) >= 11 is 0. The van der Waals surface area contributed by atoms with Gasteiger partial charge in [-0.2, -0.15) is 0 Å². The number of hydrogen-bond donors (Lipinski definition) is 1. The lowest BCUT2D eigenvalue weighted by Gasteiger charge is -2.36. The van der Waals surface area contributed by atoms with E-state index < -0.39 is 6.04 Å². The maximum Gasteiger partial charge on any atom is 0.245 e. The molecule has 0 radical (unpaired) electrons. The highest BCUT2D eigenvalue weighted by atomic mass is 19.1. The van der Waals surface area contributed by atoms with E-state index in [0.717, 1.165) is 5.56 Å². The molecular formula is C17H23FN2O3. The Morgan fingerprint density at radius 3 is 2.52 bits per heavy atom. The largest absolute Gasteiger partial charge is 0.370 e. The van der Waals surface area contributed by atoms with Crippen LogP contribution in [0.25, 0.3) is 0 Å². The zero-order valence-corrected chi connectivity index (χ0v) is 13.7. The van der Waals surface area contributed by atoms with Gasteiger partial charge >= 0.3 is 0 Å². The first-order chi connectivity index (χ1) is 10.9. The third kappa shape index (κ3) is 4.51. The Morgan fingerprint density at radius 1 is 1.30 bits per heavy atom. The fraction of sp³-hybridized carbons (Fsp3) is 0.529. The van der Waals surface area contributed by atoms with Crippen LogP contribution in [0.4, 0.5) is 4.39 Å². The Balaban J connectivity index is 2.08. The van der Waals surface area contributed by atoms with Crippen molar-refractivity contribution in [2.24, 2.45) is 5.92 Å². The van der Waals surface area contributed by atoms with Crippen molar-refractivity contribution in [1.82, 2.24) is 10.2 Å². The molecule has 2 atom stereocenters. The number of ether oxygens (including phenoxy) is 1. The fourth-order valence-electron chi connectivity index (χ4n) is 2.66. The van der Waals surface area contributed by atoms with Crippen LogP contribution in [-0.4, -0.2) is 42.5 Å². The Morgan fingerprint density at radius 2 is 1.96 bits per heavy atom. The number of amides is 2. The lowest BCUT2D eigenvalue weighted by atomic mass is 10.0. The number of carbonyl (C=O) groups is 2. The van der Waals surface area contributed by atoms with E-state index in [1.165, 1.54) is 19.1 Å². The summed E-state index contributed by atoms with van der Waals surface area (Å²) in [6, 6.07) is 5.56. The lowest BCUT2D eigenvalue weighted by molar-refractivity contribution is -0.144. The summed E-state index contributed by atoms with van der Waals surface area (Å²) in [5.41, 5.74) is 0.838. The summed E-state index contributed by atoms with van der Waals surface area (Å²) < 4.78 is 18.7. The standard InChI is InChI=1S/C17H23FN2O3/c1-11(2)16(19-12(3)21)17(22)20-8-9-23-15(10-20)13-4-6-14(18)7-5-13/h4-7,11,15-16H,8-10H2,1-3H3,(H,19,21).